The Labute approximate surface area is 119 Å². The molecule has 2 heterocycles. The Morgan fingerprint density at radius 3 is 2.60 bits per heavy atom. The minimum atomic E-state index is -0.271. The second kappa shape index (κ2) is 4.78. The van der Waals surface area contributed by atoms with Crippen LogP contribution in [-0.4, -0.2) is 17.2 Å². The molecule has 20 heavy (non-hydrogen) atoms. The monoisotopic (exact) mass is 269 g/mol. The van der Waals surface area contributed by atoms with E-state index in [-0.39, 0.29) is 5.60 Å². The van der Waals surface area contributed by atoms with Crippen molar-refractivity contribution in [2.24, 2.45) is 0 Å². The zero-order chi connectivity index (χ0) is 14.2. The molecule has 0 amide bonds. The summed E-state index contributed by atoms with van der Waals surface area (Å²) < 4.78 is 6.31. The van der Waals surface area contributed by atoms with Crippen LogP contribution in [0.25, 0.3) is 5.57 Å². The topological polar surface area (TPSA) is 47.0 Å². The number of hydrogen-bond acceptors (Lipinski definition) is 4. The Kier molecular flexibility index (Phi) is 3.08. The van der Waals surface area contributed by atoms with Crippen LogP contribution in [0.4, 0.5) is 5.82 Å². The molecule has 1 aliphatic heterocycles. The van der Waals surface area contributed by atoms with Crippen LogP contribution in [0.2, 0.25) is 0 Å². The molecule has 0 bridgehead atoms. The Hall–Kier alpha value is -2.10. The van der Waals surface area contributed by atoms with Crippen LogP contribution in [0.15, 0.2) is 37.1 Å². The number of fused-ring (bicyclic) bond motifs is 2. The molecule has 1 aromatic heterocycles. The minimum Gasteiger partial charge on any atom is -0.482 e. The van der Waals surface area contributed by atoms with Gasteiger partial charge in [-0.1, -0.05) is 19.2 Å². The van der Waals surface area contributed by atoms with Gasteiger partial charge in [-0.15, -0.1) is 10.2 Å². The molecular weight excluding hydrogens is 250 g/mol. The van der Waals surface area contributed by atoms with Gasteiger partial charge in [0.05, 0.1) is 0 Å². The molecule has 2 aliphatic rings. The van der Waals surface area contributed by atoms with E-state index < -0.39 is 0 Å². The highest BCUT2D eigenvalue weighted by Crippen LogP contribution is 2.50. The summed E-state index contributed by atoms with van der Waals surface area (Å²) in [6.45, 7) is 7.72. The lowest BCUT2D eigenvalue weighted by molar-refractivity contribution is 0.00630. The van der Waals surface area contributed by atoms with Crippen LogP contribution in [0.3, 0.4) is 0 Å². The normalized spacial score (nSPS) is 19.4. The number of hydrogen-bond donors (Lipinski definition) is 1. The van der Waals surface area contributed by atoms with Crippen LogP contribution in [0.5, 0.6) is 0 Å². The van der Waals surface area contributed by atoms with Gasteiger partial charge in [0, 0.05) is 18.2 Å². The first-order valence-corrected chi connectivity index (χ1v) is 6.98. The van der Waals surface area contributed by atoms with Crippen molar-refractivity contribution in [1.82, 2.24) is 10.2 Å². The lowest BCUT2D eigenvalue weighted by Gasteiger charge is -2.37. The fourth-order valence-corrected chi connectivity index (χ4v) is 3.16. The van der Waals surface area contributed by atoms with Gasteiger partial charge in [0.25, 0.3) is 0 Å². The Balaban J connectivity index is 2.25. The predicted octanol–water partition coefficient (Wildman–Crippen LogP) is 3.40. The first kappa shape index (κ1) is 12.9. The number of rotatable bonds is 3. The van der Waals surface area contributed by atoms with Crippen molar-refractivity contribution in [2.75, 3.05) is 12.4 Å². The van der Waals surface area contributed by atoms with Gasteiger partial charge in [0.15, 0.2) is 0 Å². The maximum Gasteiger partial charge on any atom is 0.148 e. The molecule has 0 saturated heterocycles. The van der Waals surface area contributed by atoms with E-state index in [9.17, 15) is 0 Å². The summed E-state index contributed by atoms with van der Waals surface area (Å²) in [4.78, 5) is 0. The van der Waals surface area contributed by atoms with Crippen LogP contribution in [0.1, 0.15) is 36.9 Å². The second-order valence-corrected chi connectivity index (χ2v) is 5.23. The van der Waals surface area contributed by atoms with E-state index in [0.29, 0.717) is 0 Å². The van der Waals surface area contributed by atoms with Crippen molar-refractivity contribution < 1.29 is 4.74 Å². The van der Waals surface area contributed by atoms with Gasteiger partial charge in [-0.2, -0.15) is 0 Å². The molecule has 1 saturated carbocycles. The summed E-state index contributed by atoms with van der Waals surface area (Å²) in [6.07, 6.45) is 7.88. The highest BCUT2D eigenvalue weighted by atomic mass is 16.5. The van der Waals surface area contributed by atoms with Crippen molar-refractivity contribution in [1.29, 1.82) is 0 Å². The zero-order valence-corrected chi connectivity index (χ0v) is 11.8. The number of anilines is 1. The van der Waals surface area contributed by atoms with Gasteiger partial charge in [0.2, 0.25) is 0 Å². The van der Waals surface area contributed by atoms with Crippen molar-refractivity contribution in [3.8, 4) is 0 Å². The summed E-state index contributed by atoms with van der Waals surface area (Å²) >= 11 is 0. The Morgan fingerprint density at radius 1 is 1.25 bits per heavy atom. The van der Waals surface area contributed by atoms with Gasteiger partial charge < -0.3 is 10.1 Å². The average Bonchev–Trinajstić information content (AvgIpc) is 2.96. The van der Waals surface area contributed by atoms with Gasteiger partial charge >= 0.3 is 0 Å². The molecule has 0 atom stereocenters. The minimum absolute atomic E-state index is 0.271. The molecule has 1 aliphatic carbocycles. The van der Waals surface area contributed by atoms with Crippen molar-refractivity contribution in [2.45, 2.75) is 31.3 Å². The predicted molar refractivity (Wildman–Crippen MR) is 80.1 cm³/mol. The quantitative estimate of drug-likeness (QED) is 0.913. The Bertz CT molecular complexity index is 598. The number of aromatic nitrogens is 2. The van der Waals surface area contributed by atoms with Crippen molar-refractivity contribution >= 4 is 11.4 Å². The van der Waals surface area contributed by atoms with Crippen LogP contribution in [-0.2, 0) is 10.3 Å². The molecule has 4 heteroatoms. The van der Waals surface area contributed by atoms with Gasteiger partial charge in [-0.25, -0.2) is 0 Å². The summed E-state index contributed by atoms with van der Waals surface area (Å²) in [7, 11) is 1.85. The molecular formula is C16H19N3O. The fraction of sp³-hybridized carbons (Fsp3) is 0.375. The molecule has 0 unspecified atom stereocenters. The maximum atomic E-state index is 6.31. The molecule has 0 aromatic carbocycles. The molecule has 4 nitrogen and oxygen atoms in total. The Morgan fingerprint density at radius 2 is 2.00 bits per heavy atom. The first-order chi connectivity index (χ1) is 9.74. The molecule has 1 N–H and O–H groups in total. The van der Waals surface area contributed by atoms with Gasteiger partial charge in [-0.3, -0.25) is 0 Å². The SMILES string of the molecule is C=CC1=C(C=C)c2nnc(NC)cc2C2(CCCC2)O1. The lowest BCUT2D eigenvalue weighted by atomic mass is 9.85. The van der Waals surface area contributed by atoms with Gasteiger partial charge in [0.1, 0.15) is 22.9 Å². The third-order valence-corrected chi connectivity index (χ3v) is 4.17. The van der Waals surface area contributed by atoms with Crippen molar-refractivity contribution in [3.63, 3.8) is 0 Å². The van der Waals surface area contributed by atoms with E-state index in [1.807, 2.05) is 7.05 Å². The smallest absolute Gasteiger partial charge is 0.148 e. The molecule has 0 radical (unpaired) electrons. The van der Waals surface area contributed by atoms with E-state index >= 15 is 0 Å². The van der Waals surface area contributed by atoms with Crippen molar-refractivity contribution in [3.05, 3.63) is 48.4 Å². The molecule has 104 valence electrons. The van der Waals surface area contributed by atoms with E-state index in [0.717, 1.165) is 41.2 Å². The summed E-state index contributed by atoms with van der Waals surface area (Å²) in [5, 5.41) is 11.6. The standard InChI is InChI=1S/C16H19N3O/c1-4-11-13(5-2)20-16(8-6-7-9-16)12-10-14(17-3)18-19-15(11)12/h4-5,10H,1-2,6-9H2,3H3,(H,17,18). The lowest BCUT2D eigenvalue weighted by Crippen LogP contribution is -2.31. The number of nitrogens with one attached hydrogen (secondary N) is 1. The molecule has 1 fully saturated rings. The highest BCUT2D eigenvalue weighted by Gasteiger charge is 2.44. The van der Waals surface area contributed by atoms with Crippen LogP contribution in [0, 0.1) is 0 Å². The zero-order valence-electron chi connectivity index (χ0n) is 11.8. The number of allylic oxidation sites excluding steroid dienone is 3. The van der Waals surface area contributed by atoms with Crippen LogP contribution < -0.4 is 5.32 Å². The number of nitrogens with zero attached hydrogens (tertiary/aromatic N) is 2. The third-order valence-electron chi connectivity index (χ3n) is 4.17. The van der Waals surface area contributed by atoms with E-state index in [1.54, 1.807) is 12.2 Å². The summed E-state index contributed by atoms with van der Waals surface area (Å²) in [5.41, 5.74) is 2.60. The van der Waals surface area contributed by atoms with Crippen LogP contribution >= 0.6 is 0 Å². The molecule has 1 spiro atoms. The summed E-state index contributed by atoms with van der Waals surface area (Å²) in [6, 6.07) is 2.05. The van der Waals surface area contributed by atoms with Gasteiger partial charge in [-0.05, 0) is 37.8 Å². The largest absolute Gasteiger partial charge is 0.482 e. The molecule has 1 aromatic rings. The average molecular weight is 269 g/mol. The maximum absolute atomic E-state index is 6.31. The van der Waals surface area contributed by atoms with E-state index in [1.165, 1.54) is 12.8 Å². The van der Waals surface area contributed by atoms with E-state index in [4.69, 9.17) is 4.74 Å². The van der Waals surface area contributed by atoms with E-state index in [2.05, 4.69) is 34.7 Å². The molecule has 3 rings (SSSR count). The second-order valence-electron chi connectivity index (χ2n) is 5.23. The fourth-order valence-electron chi connectivity index (χ4n) is 3.16. The highest BCUT2D eigenvalue weighted by molar-refractivity contribution is 5.78. The summed E-state index contributed by atoms with van der Waals surface area (Å²) in [5.74, 6) is 1.53. The number of ether oxygens (including phenoxy) is 1. The first-order valence-electron chi connectivity index (χ1n) is 6.98. The third kappa shape index (κ3) is 1.75.